The number of nitrogens with two attached hydrogens (primary N) is 1. The SMILES string of the molecule is COC(=O)c1cc(OC)ccc1NC(=O)[C@@H]1CC[C@H](CN)O1.Cl. The lowest BCUT2D eigenvalue weighted by Crippen LogP contribution is -2.30. The van der Waals surface area contributed by atoms with E-state index in [0.29, 0.717) is 24.4 Å². The molecule has 1 aromatic rings. The van der Waals surface area contributed by atoms with Gasteiger partial charge < -0.3 is 25.3 Å². The topological polar surface area (TPSA) is 99.9 Å². The molecule has 0 bridgehead atoms. The van der Waals surface area contributed by atoms with Crippen molar-refractivity contribution < 1.29 is 23.8 Å². The number of hydrogen-bond donors (Lipinski definition) is 2. The Balaban J connectivity index is 0.00000264. The fraction of sp³-hybridized carbons (Fsp3) is 0.467. The molecule has 128 valence electrons. The van der Waals surface area contributed by atoms with Gasteiger partial charge in [-0.05, 0) is 31.0 Å². The number of halogens is 1. The molecule has 1 aliphatic heterocycles. The average molecular weight is 345 g/mol. The molecule has 23 heavy (non-hydrogen) atoms. The number of rotatable bonds is 5. The summed E-state index contributed by atoms with van der Waals surface area (Å²) in [6.07, 6.45) is 0.714. The Hall–Kier alpha value is -1.83. The van der Waals surface area contributed by atoms with Crippen LogP contribution in [0.3, 0.4) is 0 Å². The molecule has 8 heteroatoms. The van der Waals surface area contributed by atoms with Crippen LogP contribution in [-0.2, 0) is 14.3 Å². The van der Waals surface area contributed by atoms with Gasteiger partial charge >= 0.3 is 5.97 Å². The molecule has 1 fully saturated rings. The van der Waals surface area contributed by atoms with Gasteiger partial charge in [-0.1, -0.05) is 0 Å². The second-order valence-corrected chi connectivity index (χ2v) is 4.95. The van der Waals surface area contributed by atoms with E-state index in [2.05, 4.69) is 5.32 Å². The second-order valence-electron chi connectivity index (χ2n) is 4.95. The third kappa shape index (κ3) is 4.57. The van der Waals surface area contributed by atoms with Gasteiger partial charge in [-0.15, -0.1) is 12.4 Å². The van der Waals surface area contributed by atoms with E-state index in [0.717, 1.165) is 6.42 Å². The molecule has 3 N–H and O–H groups in total. The van der Waals surface area contributed by atoms with Crippen LogP contribution in [0.4, 0.5) is 5.69 Å². The zero-order valence-corrected chi connectivity index (χ0v) is 13.9. The minimum Gasteiger partial charge on any atom is -0.497 e. The number of carbonyl (C=O) groups excluding carboxylic acids is 2. The second kappa shape index (κ2) is 8.71. The van der Waals surface area contributed by atoms with E-state index in [9.17, 15) is 9.59 Å². The van der Waals surface area contributed by atoms with Gasteiger partial charge in [-0.3, -0.25) is 4.79 Å². The van der Waals surface area contributed by atoms with Crippen LogP contribution in [0, 0.1) is 0 Å². The number of benzene rings is 1. The lowest BCUT2D eigenvalue weighted by atomic mass is 10.1. The maximum atomic E-state index is 12.2. The summed E-state index contributed by atoms with van der Waals surface area (Å²) in [5.41, 5.74) is 6.12. The molecule has 7 nitrogen and oxygen atoms in total. The zero-order chi connectivity index (χ0) is 16.1. The van der Waals surface area contributed by atoms with Crippen molar-refractivity contribution in [1.29, 1.82) is 0 Å². The molecule has 1 amide bonds. The molecule has 1 aliphatic rings. The highest BCUT2D eigenvalue weighted by Gasteiger charge is 2.30. The number of carbonyl (C=O) groups is 2. The van der Waals surface area contributed by atoms with Crippen molar-refractivity contribution in [2.24, 2.45) is 5.73 Å². The first kappa shape index (κ1) is 19.2. The summed E-state index contributed by atoms with van der Waals surface area (Å²) in [6.45, 7) is 0.389. The maximum Gasteiger partial charge on any atom is 0.340 e. The van der Waals surface area contributed by atoms with E-state index in [1.165, 1.54) is 20.3 Å². The van der Waals surface area contributed by atoms with Crippen molar-refractivity contribution in [3.8, 4) is 5.75 Å². The smallest absolute Gasteiger partial charge is 0.340 e. The lowest BCUT2D eigenvalue weighted by Gasteiger charge is -2.15. The number of ether oxygens (including phenoxy) is 3. The third-order valence-corrected chi connectivity index (χ3v) is 3.55. The van der Waals surface area contributed by atoms with E-state index in [-0.39, 0.29) is 30.0 Å². The number of esters is 1. The Labute approximate surface area is 140 Å². The minimum absolute atomic E-state index is 0. The molecule has 1 aromatic carbocycles. The van der Waals surface area contributed by atoms with Gasteiger partial charge in [0.2, 0.25) is 0 Å². The van der Waals surface area contributed by atoms with Crippen molar-refractivity contribution in [3.05, 3.63) is 23.8 Å². The first-order chi connectivity index (χ1) is 10.6. The molecule has 0 aliphatic carbocycles. The summed E-state index contributed by atoms with van der Waals surface area (Å²) in [5, 5.41) is 2.70. The zero-order valence-electron chi connectivity index (χ0n) is 13.0. The van der Waals surface area contributed by atoms with Gasteiger partial charge in [0.1, 0.15) is 11.9 Å². The highest BCUT2D eigenvalue weighted by Crippen LogP contribution is 2.25. The predicted molar refractivity (Wildman–Crippen MR) is 87.2 cm³/mol. The van der Waals surface area contributed by atoms with Gasteiger partial charge in [0.15, 0.2) is 0 Å². The van der Waals surface area contributed by atoms with Crippen LogP contribution in [0.2, 0.25) is 0 Å². The highest BCUT2D eigenvalue weighted by molar-refractivity contribution is 6.02. The summed E-state index contributed by atoms with van der Waals surface area (Å²) in [7, 11) is 2.77. The first-order valence-corrected chi connectivity index (χ1v) is 7.01. The molecule has 0 saturated carbocycles. The summed E-state index contributed by atoms with van der Waals surface area (Å²) in [5.74, 6) is -0.355. The fourth-order valence-electron chi connectivity index (χ4n) is 2.32. The maximum absolute atomic E-state index is 12.2. The van der Waals surface area contributed by atoms with Crippen molar-refractivity contribution in [1.82, 2.24) is 0 Å². The van der Waals surface area contributed by atoms with E-state index in [4.69, 9.17) is 19.9 Å². The molecule has 0 unspecified atom stereocenters. The Morgan fingerprint density at radius 1 is 1.35 bits per heavy atom. The average Bonchev–Trinajstić information content (AvgIpc) is 3.03. The Morgan fingerprint density at radius 2 is 2.09 bits per heavy atom. The number of hydrogen-bond acceptors (Lipinski definition) is 6. The van der Waals surface area contributed by atoms with Crippen molar-refractivity contribution in [2.45, 2.75) is 25.0 Å². The van der Waals surface area contributed by atoms with Crippen LogP contribution in [0.5, 0.6) is 5.75 Å². The molecular weight excluding hydrogens is 324 g/mol. The molecule has 1 heterocycles. The van der Waals surface area contributed by atoms with Gasteiger partial charge in [0, 0.05) is 6.54 Å². The summed E-state index contributed by atoms with van der Waals surface area (Å²) in [4.78, 5) is 24.1. The van der Waals surface area contributed by atoms with Crippen LogP contribution in [0.15, 0.2) is 18.2 Å². The van der Waals surface area contributed by atoms with E-state index in [1.807, 2.05) is 0 Å². The summed E-state index contributed by atoms with van der Waals surface area (Å²) < 4.78 is 15.3. The van der Waals surface area contributed by atoms with Gasteiger partial charge in [0.25, 0.3) is 5.91 Å². The molecular formula is C15H21ClN2O5. The molecule has 0 spiro atoms. The van der Waals surface area contributed by atoms with Crippen LogP contribution in [0.25, 0.3) is 0 Å². The molecule has 0 aromatic heterocycles. The van der Waals surface area contributed by atoms with Gasteiger partial charge in [-0.2, -0.15) is 0 Å². The minimum atomic E-state index is -0.554. The number of amides is 1. The van der Waals surface area contributed by atoms with Crippen molar-refractivity contribution in [3.63, 3.8) is 0 Å². The van der Waals surface area contributed by atoms with Crippen LogP contribution in [-0.4, -0.2) is 44.8 Å². The molecule has 2 rings (SSSR count). The molecule has 1 saturated heterocycles. The van der Waals surface area contributed by atoms with Crippen molar-refractivity contribution >= 4 is 30.0 Å². The first-order valence-electron chi connectivity index (χ1n) is 7.01. The van der Waals surface area contributed by atoms with Crippen molar-refractivity contribution in [2.75, 3.05) is 26.1 Å². The Morgan fingerprint density at radius 3 is 2.65 bits per heavy atom. The molecule has 0 radical (unpaired) electrons. The Bertz CT molecular complexity index is 567. The summed E-state index contributed by atoms with van der Waals surface area (Å²) in [6, 6.07) is 4.76. The summed E-state index contributed by atoms with van der Waals surface area (Å²) >= 11 is 0. The van der Waals surface area contributed by atoms with Gasteiger partial charge in [-0.25, -0.2) is 4.79 Å². The van der Waals surface area contributed by atoms with E-state index >= 15 is 0 Å². The van der Waals surface area contributed by atoms with Crippen LogP contribution in [0.1, 0.15) is 23.2 Å². The van der Waals surface area contributed by atoms with E-state index in [1.54, 1.807) is 12.1 Å². The standard InChI is InChI=1S/C15H20N2O5.ClH/c1-20-9-3-5-12(11(7-9)15(19)21-2)17-14(18)13-6-4-10(8-16)22-13;/h3,5,7,10,13H,4,6,8,16H2,1-2H3,(H,17,18);1H/t10-,13+;/m1./s1. The fourth-order valence-corrected chi connectivity index (χ4v) is 2.32. The predicted octanol–water partition coefficient (Wildman–Crippen LogP) is 1.35. The quantitative estimate of drug-likeness (QED) is 0.782. The number of anilines is 1. The van der Waals surface area contributed by atoms with E-state index < -0.39 is 12.1 Å². The lowest BCUT2D eigenvalue weighted by molar-refractivity contribution is -0.126. The Kier molecular flexibility index (Phi) is 7.28. The number of nitrogens with one attached hydrogen (secondary N) is 1. The molecule has 2 atom stereocenters. The number of methoxy groups -OCH3 is 2. The largest absolute Gasteiger partial charge is 0.497 e. The van der Waals surface area contributed by atoms with Gasteiger partial charge in [0.05, 0.1) is 31.6 Å². The van der Waals surface area contributed by atoms with Crippen LogP contribution < -0.4 is 15.8 Å². The van der Waals surface area contributed by atoms with Crippen LogP contribution >= 0.6 is 12.4 Å². The highest BCUT2D eigenvalue weighted by atomic mass is 35.5. The normalized spacial score (nSPS) is 19.6. The monoisotopic (exact) mass is 344 g/mol. The third-order valence-electron chi connectivity index (χ3n) is 3.55.